The van der Waals surface area contributed by atoms with Crippen molar-refractivity contribution in [1.82, 2.24) is 14.8 Å². The first kappa shape index (κ1) is 13.6. The lowest BCUT2D eigenvalue weighted by molar-refractivity contribution is 0.199. The smallest absolute Gasteiger partial charge is 0.195 e. The molecule has 1 heterocycles. The van der Waals surface area contributed by atoms with Gasteiger partial charge < -0.3 is 9.67 Å². The van der Waals surface area contributed by atoms with Crippen LogP contribution in [0.3, 0.4) is 0 Å². The van der Waals surface area contributed by atoms with E-state index >= 15 is 0 Å². The predicted octanol–water partition coefficient (Wildman–Crippen LogP) is 3.09. The molecule has 4 nitrogen and oxygen atoms in total. The Morgan fingerprint density at radius 2 is 2.11 bits per heavy atom. The lowest BCUT2D eigenvalue weighted by Gasteiger charge is -2.08. The monoisotopic (exact) mass is 327 g/mol. The van der Waals surface area contributed by atoms with E-state index in [9.17, 15) is 5.11 Å². The number of benzene rings is 1. The van der Waals surface area contributed by atoms with Gasteiger partial charge in [0.2, 0.25) is 0 Å². The van der Waals surface area contributed by atoms with Gasteiger partial charge in [-0.1, -0.05) is 6.07 Å². The molecule has 0 aliphatic rings. The van der Waals surface area contributed by atoms with E-state index in [0.29, 0.717) is 0 Å². The zero-order valence-electron chi connectivity index (χ0n) is 10.4. The minimum Gasteiger partial charge on any atom is -0.389 e. The summed E-state index contributed by atoms with van der Waals surface area (Å²) >= 11 is 5.06. The van der Waals surface area contributed by atoms with Crippen LogP contribution in [0.15, 0.2) is 32.7 Å². The SMILES string of the molecule is Cc1nnc(Sc2ccc([C@H](C)O)cc2Br)n1C. The summed E-state index contributed by atoms with van der Waals surface area (Å²) in [5, 5.41) is 18.5. The molecule has 0 saturated heterocycles. The maximum atomic E-state index is 9.52. The lowest BCUT2D eigenvalue weighted by atomic mass is 10.1. The Labute approximate surface area is 119 Å². The van der Waals surface area contributed by atoms with Crippen LogP contribution < -0.4 is 0 Å². The summed E-state index contributed by atoms with van der Waals surface area (Å²) in [6, 6.07) is 5.82. The molecule has 1 N–H and O–H groups in total. The number of nitrogens with zero attached hydrogens (tertiary/aromatic N) is 3. The first-order valence-corrected chi connectivity index (χ1v) is 7.11. The number of hydrogen-bond donors (Lipinski definition) is 1. The first-order chi connectivity index (χ1) is 8.49. The molecule has 2 aromatic rings. The summed E-state index contributed by atoms with van der Waals surface area (Å²) in [5.41, 5.74) is 0.889. The molecule has 0 spiro atoms. The van der Waals surface area contributed by atoms with Gasteiger partial charge in [-0.05, 0) is 59.2 Å². The molecule has 0 bridgehead atoms. The molecule has 0 aliphatic carbocycles. The average Bonchev–Trinajstić information content (AvgIpc) is 2.63. The van der Waals surface area contributed by atoms with Crippen molar-refractivity contribution < 1.29 is 5.11 Å². The van der Waals surface area contributed by atoms with Gasteiger partial charge in [-0.3, -0.25) is 0 Å². The molecule has 18 heavy (non-hydrogen) atoms. The predicted molar refractivity (Wildman–Crippen MR) is 74.6 cm³/mol. The van der Waals surface area contributed by atoms with E-state index in [4.69, 9.17) is 0 Å². The molecule has 0 fully saturated rings. The Hall–Kier alpha value is -0.850. The number of rotatable bonds is 3. The highest BCUT2D eigenvalue weighted by atomic mass is 79.9. The molecular weight excluding hydrogens is 314 g/mol. The van der Waals surface area contributed by atoms with Crippen LogP contribution in [0.25, 0.3) is 0 Å². The maximum absolute atomic E-state index is 9.52. The van der Waals surface area contributed by atoms with Crippen LogP contribution in [0.1, 0.15) is 24.4 Å². The van der Waals surface area contributed by atoms with E-state index in [1.54, 1.807) is 18.7 Å². The second kappa shape index (κ2) is 5.42. The van der Waals surface area contributed by atoms with Crippen LogP contribution in [0.5, 0.6) is 0 Å². The van der Waals surface area contributed by atoms with Crippen molar-refractivity contribution in [3.05, 3.63) is 34.1 Å². The number of halogens is 1. The van der Waals surface area contributed by atoms with Gasteiger partial charge in [-0.15, -0.1) is 10.2 Å². The molecule has 2 rings (SSSR count). The van der Waals surface area contributed by atoms with Gasteiger partial charge in [0, 0.05) is 16.4 Å². The fourth-order valence-corrected chi connectivity index (χ4v) is 2.91. The fourth-order valence-electron chi connectivity index (χ4n) is 1.43. The van der Waals surface area contributed by atoms with Crippen LogP contribution in [0.4, 0.5) is 0 Å². The molecule has 0 saturated carbocycles. The Morgan fingerprint density at radius 1 is 1.39 bits per heavy atom. The number of aliphatic hydroxyl groups excluding tert-OH is 1. The fraction of sp³-hybridized carbons (Fsp3) is 0.333. The van der Waals surface area contributed by atoms with Crippen molar-refractivity contribution >= 4 is 27.7 Å². The number of aryl methyl sites for hydroxylation is 1. The van der Waals surface area contributed by atoms with E-state index in [1.165, 1.54) is 0 Å². The van der Waals surface area contributed by atoms with E-state index in [-0.39, 0.29) is 0 Å². The molecule has 6 heteroatoms. The van der Waals surface area contributed by atoms with Gasteiger partial charge in [-0.2, -0.15) is 0 Å². The molecule has 0 amide bonds. The summed E-state index contributed by atoms with van der Waals surface area (Å²) in [7, 11) is 1.94. The molecule has 0 aliphatic heterocycles. The molecule has 1 aromatic carbocycles. The van der Waals surface area contributed by atoms with Crippen LogP contribution in [0.2, 0.25) is 0 Å². The van der Waals surface area contributed by atoms with Gasteiger partial charge in [0.05, 0.1) is 6.10 Å². The second-order valence-corrected chi connectivity index (χ2v) is 5.92. The highest BCUT2D eigenvalue weighted by Crippen LogP contribution is 2.34. The van der Waals surface area contributed by atoms with Crippen molar-refractivity contribution in [2.24, 2.45) is 7.05 Å². The highest BCUT2D eigenvalue weighted by molar-refractivity contribution is 9.10. The maximum Gasteiger partial charge on any atom is 0.195 e. The minimum atomic E-state index is -0.461. The standard InChI is InChI=1S/C12H14BrN3OS/c1-7(17)9-4-5-11(10(13)6-9)18-12-15-14-8(2)16(12)3/h4-7,17H,1-3H3/t7-/m0/s1. The van der Waals surface area contributed by atoms with E-state index in [0.717, 1.165) is 25.9 Å². The van der Waals surface area contributed by atoms with Crippen LogP contribution in [-0.4, -0.2) is 19.9 Å². The molecular formula is C12H14BrN3OS. The van der Waals surface area contributed by atoms with Gasteiger partial charge >= 0.3 is 0 Å². The van der Waals surface area contributed by atoms with Crippen molar-refractivity contribution in [2.75, 3.05) is 0 Å². The Kier molecular flexibility index (Phi) is 4.09. The van der Waals surface area contributed by atoms with Crippen LogP contribution >= 0.6 is 27.7 Å². The van der Waals surface area contributed by atoms with E-state index in [1.807, 2.05) is 36.7 Å². The average molecular weight is 328 g/mol. The van der Waals surface area contributed by atoms with Gasteiger partial charge in [0.25, 0.3) is 0 Å². The van der Waals surface area contributed by atoms with Crippen LogP contribution in [0, 0.1) is 6.92 Å². The zero-order chi connectivity index (χ0) is 13.3. The minimum absolute atomic E-state index is 0.461. The summed E-state index contributed by atoms with van der Waals surface area (Å²) < 4.78 is 2.89. The van der Waals surface area contributed by atoms with Crippen molar-refractivity contribution in [3.8, 4) is 0 Å². The van der Waals surface area contributed by atoms with E-state index < -0.39 is 6.10 Å². The largest absolute Gasteiger partial charge is 0.389 e. The van der Waals surface area contributed by atoms with Crippen molar-refractivity contribution in [2.45, 2.75) is 30.0 Å². The third-order valence-corrected chi connectivity index (χ3v) is 4.72. The van der Waals surface area contributed by atoms with Crippen molar-refractivity contribution in [1.29, 1.82) is 0 Å². The second-order valence-electron chi connectivity index (χ2n) is 4.06. The summed E-state index contributed by atoms with van der Waals surface area (Å²) in [6.07, 6.45) is -0.461. The third-order valence-electron chi connectivity index (χ3n) is 2.69. The Morgan fingerprint density at radius 3 is 2.61 bits per heavy atom. The zero-order valence-corrected chi connectivity index (χ0v) is 12.8. The molecule has 0 radical (unpaired) electrons. The molecule has 96 valence electrons. The summed E-state index contributed by atoms with van der Waals surface area (Å²) in [5.74, 6) is 0.884. The summed E-state index contributed by atoms with van der Waals surface area (Å²) in [6.45, 7) is 3.67. The van der Waals surface area contributed by atoms with Gasteiger partial charge in [0.15, 0.2) is 5.16 Å². The van der Waals surface area contributed by atoms with Gasteiger partial charge in [-0.25, -0.2) is 0 Å². The number of aromatic nitrogens is 3. The quantitative estimate of drug-likeness (QED) is 0.941. The topological polar surface area (TPSA) is 50.9 Å². The summed E-state index contributed by atoms with van der Waals surface area (Å²) in [4.78, 5) is 1.05. The number of hydrogen-bond acceptors (Lipinski definition) is 4. The van der Waals surface area contributed by atoms with Crippen LogP contribution in [-0.2, 0) is 7.05 Å². The normalized spacial score (nSPS) is 12.7. The molecule has 0 unspecified atom stereocenters. The van der Waals surface area contributed by atoms with Crippen molar-refractivity contribution in [3.63, 3.8) is 0 Å². The molecule has 1 atom stereocenters. The Bertz CT molecular complexity index is 568. The van der Waals surface area contributed by atoms with E-state index in [2.05, 4.69) is 26.1 Å². The highest BCUT2D eigenvalue weighted by Gasteiger charge is 2.11. The molecule has 1 aromatic heterocycles. The number of aliphatic hydroxyl groups is 1. The van der Waals surface area contributed by atoms with Gasteiger partial charge in [0.1, 0.15) is 5.82 Å². The first-order valence-electron chi connectivity index (χ1n) is 5.50. The lowest BCUT2D eigenvalue weighted by Crippen LogP contribution is -1.94. The Balaban J connectivity index is 2.27. The third kappa shape index (κ3) is 2.76.